The third-order valence-corrected chi connectivity index (χ3v) is 2.23. The highest BCUT2D eigenvalue weighted by atomic mass is 19.1. The first-order valence-electron chi connectivity index (χ1n) is 5.55. The highest BCUT2D eigenvalue weighted by Gasteiger charge is 2.04. The molecule has 0 atom stereocenters. The third-order valence-electron chi connectivity index (χ3n) is 2.23. The molecule has 1 aromatic heterocycles. The van der Waals surface area contributed by atoms with Gasteiger partial charge in [0.1, 0.15) is 11.5 Å². The average molecular weight is 255 g/mol. The summed E-state index contributed by atoms with van der Waals surface area (Å²) in [5, 5.41) is 2.55. The summed E-state index contributed by atoms with van der Waals surface area (Å²) in [6, 6.07) is 6.20. The molecule has 5 heteroatoms. The van der Waals surface area contributed by atoms with E-state index in [1.165, 1.54) is 24.7 Å². The van der Waals surface area contributed by atoms with E-state index in [4.69, 9.17) is 0 Å². The smallest absolute Gasteiger partial charge is 0.272 e. The normalized spacial score (nSPS) is 9.32. The van der Waals surface area contributed by atoms with Crippen molar-refractivity contribution < 1.29 is 9.18 Å². The number of benzene rings is 1. The Morgan fingerprint density at radius 1 is 1.32 bits per heavy atom. The van der Waals surface area contributed by atoms with Crippen LogP contribution in [0.2, 0.25) is 0 Å². The topological polar surface area (TPSA) is 54.9 Å². The van der Waals surface area contributed by atoms with Crippen LogP contribution in [0.25, 0.3) is 0 Å². The van der Waals surface area contributed by atoms with Crippen molar-refractivity contribution in [1.82, 2.24) is 15.3 Å². The van der Waals surface area contributed by atoms with Crippen LogP contribution in [0.15, 0.2) is 42.9 Å². The van der Waals surface area contributed by atoms with E-state index in [1.807, 2.05) is 0 Å². The number of nitrogens with one attached hydrogen (secondary N) is 1. The van der Waals surface area contributed by atoms with Crippen molar-refractivity contribution in [2.75, 3.05) is 6.54 Å². The molecular weight excluding hydrogens is 245 g/mol. The molecule has 94 valence electrons. The highest BCUT2D eigenvalue weighted by Crippen LogP contribution is 2.03. The van der Waals surface area contributed by atoms with Crippen LogP contribution in [0.4, 0.5) is 4.39 Å². The number of carbonyl (C=O) groups excluding carboxylic acids is 1. The van der Waals surface area contributed by atoms with Crippen LogP contribution in [0.5, 0.6) is 0 Å². The lowest BCUT2D eigenvalue weighted by Crippen LogP contribution is -2.24. The number of hydrogen-bond donors (Lipinski definition) is 1. The fraction of sp³-hybridized carbons (Fsp3) is 0.0714. The molecule has 1 amide bonds. The number of aromatic nitrogens is 2. The zero-order chi connectivity index (χ0) is 13.5. The summed E-state index contributed by atoms with van der Waals surface area (Å²) < 4.78 is 13.2. The van der Waals surface area contributed by atoms with Crippen LogP contribution < -0.4 is 5.32 Å². The minimum absolute atomic E-state index is 0.115. The Balaban J connectivity index is 1.92. The third kappa shape index (κ3) is 3.61. The van der Waals surface area contributed by atoms with E-state index in [2.05, 4.69) is 27.1 Å². The van der Waals surface area contributed by atoms with Gasteiger partial charge in [-0.15, -0.1) is 0 Å². The van der Waals surface area contributed by atoms with Crippen molar-refractivity contribution in [2.45, 2.75) is 0 Å². The van der Waals surface area contributed by atoms with Gasteiger partial charge in [0.2, 0.25) is 0 Å². The molecule has 1 N–H and O–H groups in total. The summed E-state index contributed by atoms with van der Waals surface area (Å²) in [5.74, 6) is 4.57. The summed E-state index contributed by atoms with van der Waals surface area (Å²) in [6.45, 7) is 0.115. The first-order valence-corrected chi connectivity index (χ1v) is 5.55. The van der Waals surface area contributed by atoms with Crippen molar-refractivity contribution in [2.24, 2.45) is 0 Å². The maximum atomic E-state index is 13.2. The second-order valence-electron chi connectivity index (χ2n) is 3.55. The van der Waals surface area contributed by atoms with Gasteiger partial charge in [-0.3, -0.25) is 9.78 Å². The van der Waals surface area contributed by atoms with E-state index in [1.54, 1.807) is 18.2 Å². The molecule has 0 aliphatic rings. The van der Waals surface area contributed by atoms with Crippen molar-refractivity contribution in [3.8, 4) is 11.8 Å². The van der Waals surface area contributed by atoms with Gasteiger partial charge in [-0.05, 0) is 12.1 Å². The van der Waals surface area contributed by atoms with E-state index in [-0.39, 0.29) is 24.0 Å². The quantitative estimate of drug-likeness (QED) is 0.825. The van der Waals surface area contributed by atoms with Gasteiger partial charge in [0.15, 0.2) is 0 Å². The molecule has 0 aliphatic heterocycles. The fourth-order valence-corrected chi connectivity index (χ4v) is 1.33. The van der Waals surface area contributed by atoms with Crippen molar-refractivity contribution in [1.29, 1.82) is 0 Å². The molecule has 0 fully saturated rings. The summed E-state index contributed by atoms with van der Waals surface area (Å²) >= 11 is 0. The number of carbonyl (C=O) groups is 1. The van der Waals surface area contributed by atoms with Gasteiger partial charge in [-0.25, -0.2) is 9.37 Å². The number of halogens is 1. The Hall–Kier alpha value is -2.74. The lowest BCUT2D eigenvalue weighted by molar-refractivity contribution is 0.0953. The van der Waals surface area contributed by atoms with E-state index < -0.39 is 0 Å². The van der Waals surface area contributed by atoms with E-state index in [0.717, 1.165) is 0 Å². The van der Waals surface area contributed by atoms with Crippen LogP contribution in [0, 0.1) is 17.7 Å². The maximum Gasteiger partial charge on any atom is 0.272 e. The molecule has 0 aliphatic carbocycles. The molecule has 0 spiro atoms. The van der Waals surface area contributed by atoms with Gasteiger partial charge in [-0.1, -0.05) is 24.0 Å². The molecule has 4 nitrogen and oxygen atoms in total. The SMILES string of the molecule is O=C(NCC#Cc1ccccc1F)c1cnccn1. The molecule has 1 aromatic carbocycles. The van der Waals surface area contributed by atoms with Crippen LogP contribution >= 0.6 is 0 Å². The van der Waals surface area contributed by atoms with E-state index >= 15 is 0 Å². The molecule has 0 radical (unpaired) electrons. The Morgan fingerprint density at radius 2 is 2.16 bits per heavy atom. The van der Waals surface area contributed by atoms with Crippen LogP contribution in [0.1, 0.15) is 16.1 Å². The van der Waals surface area contributed by atoms with Gasteiger partial charge in [0.05, 0.1) is 18.3 Å². The monoisotopic (exact) mass is 255 g/mol. The predicted molar refractivity (Wildman–Crippen MR) is 67.6 cm³/mol. The summed E-state index contributed by atoms with van der Waals surface area (Å²) in [6.07, 6.45) is 4.27. The predicted octanol–water partition coefficient (Wildman–Crippen LogP) is 1.40. The molecule has 0 unspecified atom stereocenters. The summed E-state index contributed by atoms with van der Waals surface area (Å²) in [4.78, 5) is 19.2. The first kappa shape index (κ1) is 12.7. The maximum absolute atomic E-state index is 13.2. The van der Waals surface area contributed by atoms with E-state index in [9.17, 15) is 9.18 Å². The minimum Gasteiger partial charge on any atom is -0.340 e. The molecule has 19 heavy (non-hydrogen) atoms. The van der Waals surface area contributed by atoms with Gasteiger partial charge < -0.3 is 5.32 Å². The second kappa shape index (κ2) is 6.26. The Labute approximate surface area is 109 Å². The number of hydrogen-bond acceptors (Lipinski definition) is 3. The van der Waals surface area contributed by atoms with Crippen molar-refractivity contribution >= 4 is 5.91 Å². The van der Waals surface area contributed by atoms with Crippen LogP contribution in [-0.2, 0) is 0 Å². The second-order valence-corrected chi connectivity index (χ2v) is 3.55. The van der Waals surface area contributed by atoms with Crippen molar-refractivity contribution in [3.05, 3.63) is 59.9 Å². The zero-order valence-electron chi connectivity index (χ0n) is 9.93. The molecule has 0 saturated heterocycles. The highest BCUT2D eigenvalue weighted by molar-refractivity contribution is 5.91. The molecule has 2 aromatic rings. The Kier molecular flexibility index (Phi) is 4.19. The molecule has 0 bridgehead atoms. The molecule has 0 saturated carbocycles. The Morgan fingerprint density at radius 3 is 2.89 bits per heavy atom. The molecule has 2 rings (SSSR count). The van der Waals surface area contributed by atoms with Crippen molar-refractivity contribution in [3.63, 3.8) is 0 Å². The largest absolute Gasteiger partial charge is 0.340 e. The Bertz CT molecular complexity index is 632. The lowest BCUT2D eigenvalue weighted by atomic mass is 10.2. The molecule has 1 heterocycles. The lowest BCUT2D eigenvalue weighted by Gasteiger charge is -1.98. The van der Waals surface area contributed by atoms with Gasteiger partial charge >= 0.3 is 0 Å². The summed E-state index contributed by atoms with van der Waals surface area (Å²) in [5.41, 5.74) is 0.520. The van der Waals surface area contributed by atoms with Gasteiger partial charge in [0.25, 0.3) is 5.91 Å². The zero-order valence-corrected chi connectivity index (χ0v) is 9.93. The molecular formula is C14H10FN3O. The van der Waals surface area contributed by atoms with Crippen LogP contribution in [0.3, 0.4) is 0 Å². The van der Waals surface area contributed by atoms with Gasteiger partial charge in [0, 0.05) is 12.4 Å². The average Bonchev–Trinajstić information content (AvgIpc) is 2.46. The number of nitrogens with zero attached hydrogens (tertiary/aromatic N) is 2. The van der Waals surface area contributed by atoms with E-state index in [0.29, 0.717) is 5.56 Å². The standard InChI is InChI=1S/C14H10FN3O/c15-12-6-2-1-4-11(12)5-3-7-18-14(19)13-10-16-8-9-17-13/h1-2,4,6,8-10H,7H2,(H,18,19). The number of rotatable bonds is 2. The minimum atomic E-state index is -0.379. The summed E-state index contributed by atoms with van der Waals surface area (Å²) in [7, 11) is 0. The van der Waals surface area contributed by atoms with Gasteiger partial charge in [-0.2, -0.15) is 0 Å². The first-order chi connectivity index (χ1) is 9.27. The fourth-order valence-electron chi connectivity index (χ4n) is 1.33. The number of amides is 1. The van der Waals surface area contributed by atoms with Crippen LogP contribution in [-0.4, -0.2) is 22.4 Å².